The van der Waals surface area contributed by atoms with Crippen molar-refractivity contribution >= 4 is 0 Å². The molecule has 4 nitrogen and oxygen atoms in total. The highest BCUT2D eigenvalue weighted by molar-refractivity contribution is 5.16. The van der Waals surface area contributed by atoms with E-state index in [2.05, 4.69) is 53.9 Å². The quantitative estimate of drug-likeness (QED) is 0.864. The molecule has 96 valence electrons. The molecule has 1 saturated heterocycles. The largest absolute Gasteiger partial charge is 0.314 e. The first-order valence-electron chi connectivity index (χ1n) is 6.57. The molecule has 0 amide bonds. The fraction of sp³-hybridized carbons (Fsp3) is 0.769. The lowest BCUT2D eigenvalue weighted by molar-refractivity contribution is 0.165. The minimum absolute atomic E-state index is 0.447. The number of rotatable bonds is 3. The van der Waals surface area contributed by atoms with Gasteiger partial charge in [0.1, 0.15) is 0 Å². The Morgan fingerprint density at radius 2 is 2.29 bits per heavy atom. The van der Waals surface area contributed by atoms with E-state index in [1.807, 2.05) is 0 Å². The molecule has 0 spiro atoms. The monoisotopic (exact) mass is 236 g/mol. The SMILES string of the molecule is Cc1nn(C(C)C)cc1CN1CCNC[C@@H]1C. The van der Waals surface area contributed by atoms with Crippen LogP contribution in [0.4, 0.5) is 0 Å². The Labute approximate surface area is 104 Å². The van der Waals surface area contributed by atoms with Crippen molar-refractivity contribution in [1.29, 1.82) is 0 Å². The number of aryl methyl sites for hydroxylation is 1. The maximum atomic E-state index is 4.58. The average molecular weight is 236 g/mol. The molecular weight excluding hydrogens is 212 g/mol. The molecule has 1 fully saturated rings. The lowest BCUT2D eigenvalue weighted by atomic mass is 10.1. The highest BCUT2D eigenvalue weighted by Gasteiger charge is 2.19. The van der Waals surface area contributed by atoms with Crippen molar-refractivity contribution in [2.45, 2.75) is 46.3 Å². The van der Waals surface area contributed by atoms with Crippen LogP contribution in [0.2, 0.25) is 0 Å². The number of hydrogen-bond donors (Lipinski definition) is 1. The Hall–Kier alpha value is -0.870. The van der Waals surface area contributed by atoms with Crippen LogP contribution in [0.15, 0.2) is 6.20 Å². The summed E-state index contributed by atoms with van der Waals surface area (Å²) < 4.78 is 2.07. The maximum Gasteiger partial charge on any atom is 0.0638 e. The van der Waals surface area contributed by atoms with E-state index in [9.17, 15) is 0 Å². The van der Waals surface area contributed by atoms with Gasteiger partial charge in [0.25, 0.3) is 0 Å². The lowest BCUT2D eigenvalue weighted by Crippen LogP contribution is -2.49. The zero-order valence-corrected chi connectivity index (χ0v) is 11.4. The van der Waals surface area contributed by atoms with E-state index >= 15 is 0 Å². The molecule has 17 heavy (non-hydrogen) atoms. The topological polar surface area (TPSA) is 33.1 Å². The van der Waals surface area contributed by atoms with Gasteiger partial charge >= 0.3 is 0 Å². The molecule has 1 aliphatic heterocycles. The van der Waals surface area contributed by atoms with Gasteiger partial charge in [-0.2, -0.15) is 5.10 Å². The summed E-state index contributed by atoms with van der Waals surface area (Å²) in [4.78, 5) is 2.53. The van der Waals surface area contributed by atoms with Gasteiger partial charge in [0.2, 0.25) is 0 Å². The van der Waals surface area contributed by atoms with Crippen LogP contribution >= 0.6 is 0 Å². The van der Waals surface area contributed by atoms with E-state index in [1.54, 1.807) is 0 Å². The van der Waals surface area contributed by atoms with Gasteiger partial charge in [-0.05, 0) is 27.7 Å². The molecule has 0 bridgehead atoms. The number of nitrogens with one attached hydrogen (secondary N) is 1. The van der Waals surface area contributed by atoms with Crippen molar-refractivity contribution in [3.63, 3.8) is 0 Å². The minimum atomic E-state index is 0.447. The molecule has 2 rings (SSSR count). The van der Waals surface area contributed by atoms with Gasteiger partial charge in [0.05, 0.1) is 5.69 Å². The Bertz CT molecular complexity index is 369. The summed E-state index contributed by atoms with van der Waals surface area (Å²) in [5.41, 5.74) is 2.54. The van der Waals surface area contributed by atoms with Crippen LogP contribution in [0.5, 0.6) is 0 Å². The summed E-state index contributed by atoms with van der Waals surface area (Å²) in [6, 6.07) is 1.06. The molecule has 1 atom stereocenters. The van der Waals surface area contributed by atoms with Crippen molar-refractivity contribution in [2.24, 2.45) is 0 Å². The van der Waals surface area contributed by atoms with E-state index < -0.39 is 0 Å². The number of aromatic nitrogens is 2. The van der Waals surface area contributed by atoms with Gasteiger partial charge < -0.3 is 5.32 Å². The molecule has 0 saturated carbocycles. The van der Waals surface area contributed by atoms with Crippen LogP contribution < -0.4 is 5.32 Å². The molecule has 0 aliphatic carbocycles. The first-order chi connectivity index (χ1) is 8.08. The summed E-state index contributed by atoms with van der Waals surface area (Å²) in [6.45, 7) is 13.1. The molecule has 4 heteroatoms. The van der Waals surface area contributed by atoms with Gasteiger partial charge in [-0.25, -0.2) is 0 Å². The highest BCUT2D eigenvalue weighted by atomic mass is 15.3. The first kappa shape index (κ1) is 12.6. The molecule has 1 aliphatic rings. The lowest BCUT2D eigenvalue weighted by Gasteiger charge is -2.33. The number of piperazine rings is 1. The third-order valence-electron chi connectivity index (χ3n) is 3.56. The molecule has 1 aromatic rings. The van der Waals surface area contributed by atoms with Crippen molar-refractivity contribution in [1.82, 2.24) is 20.0 Å². The van der Waals surface area contributed by atoms with E-state index in [0.29, 0.717) is 12.1 Å². The van der Waals surface area contributed by atoms with Crippen molar-refractivity contribution < 1.29 is 0 Å². The van der Waals surface area contributed by atoms with E-state index in [0.717, 1.165) is 26.2 Å². The Morgan fingerprint density at radius 3 is 2.88 bits per heavy atom. The smallest absolute Gasteiger partial charge is 0.0638 e. The second-order valence-electron chi connectivity index (χ2n) is 5.34. The van der Waals surface area contributed by atoms with Gasteiger partial charge in [0.15, 0.2) is 0 Å². The second kappa shape index (κ2) is 5.19. The minimum Gasteiger partial charge on any atom is -0.314 e. The van der Waals surface area contributed by atoms with Gasteiger partial charge in [-0.1, -0.05) is 0 Å². The third kappa shape index (κ3) is 2.87. The van der Waals surface area contributed by atoms with Crippen LogP contribution in [0, 0.1) is 6.92 Å². The van der Waals surface area contributed by atoms with Crippen LogP contribution in [-0.2, 0) is 6.54 Å². The van der Waals surface area contributed by atoms with Crippen LogP contribution in [0.1, 0.15) is 38.1 Å². The first-order valence-corrected chi connectivity index (χ1v) is 6.57. The normalized spacial score (nSPS) is 22.3. The summed E-state index contributed by atoms with van der Waals surface area (Å²) in [7, 11) is 0. The zero-order chi connectivity index (χ0) is 12.4. The van der Waals surface area contributed by atoms with E-state index in [1.165, 1.54) is 11.3 Å². The molecule has 0 radical (unpaired) electrons. The second-order valence-corrected chi connectivity index (χ2v) is 5.34. The fourth-order valence-corrected chi connectivity index (χ4v) is 2.28. The Kier molecular flexibility index (Phi) is 3.84. The van der Waals surface area contributed by atoms with Crippen molar-refractivity contribution in [3.8, 4) is 0 Å². The Morgan fingerprint density at radius 1 is 1.53 bits per heavy atom. The summed E-state index contributed by atoms with van der Waals surface area (Å²) >= 11 is 0. The predicted molar refractivity (Wildman–Crippen MR) is 70.1 cm³/mol. The van der Waals surface area contributed by atoms with E-state index in [-0.39, 0.29) is 0 Å². The highest BCUT2D eigenvalue weighted by Crippen LogP contribution is 2.15. The third-order valence-corrected chi connectivity index (χ3v) is 3.56. The number of nitrogens with zero attached hydrogens (tertiary/aromatic N) is 3. The van der Waals surface area contributed by atoms with Crippen LogP contribution in [-0.4, -0.2) is 40.4 Å². The van der Waals surface area contributed by atoms with Crippen molar-refractivity contribution in [2.75, 3.05) is 19.6 Å². The average Bonchev–Trinajstić information content (AvgIpc) is 2.64. The molecular formula is C13H24N4. The standard InChI is InChI=1S/C13H24N4/c1-10(2)17-9-13(12(4)15-17)8-16-6-5-14-7-11(16)3/h9-11,14H,5-8H2,1-4H3/t11-/m0/s1. The van der Waals surface area contributed by atoms with E-state index in [4.69, 9.17) is 0 Å². The van der Waals surface area contributed by atoms with Crippen LogP contribution in [0.3, 0.4) is 0 Å². The van der Waals surface area contributed by atoms with Crippen LogP contribution in [0.25, 0.3) is 0 Å². The summed E-state index contributed by atoms with van der Waals surface area (Å²) in [5, 5.41) is 8.00. The molecule has 1 N–H and O–H groups in total. The molecule has 0 aromatic carbocycles. The maximum absolute atomic E-state index is 4.58. The molecule has 0 unspecified atom stereocenters. The molecule has 2 heterocycles. The summed E-state index contributed by atoms with van der Waals surface area (Å²) in [6.07, 6.45) is 2.20. The van der Waals surface area contributed by atoms with Crippen molar-refractivity contribution in [3.05, 3.63) is 17.5 Å². The zero-order valence-electron chi connectivity index (χ0n) is 11.4. The molecule has 1 aromatic heterocycles. The number of hydrogen-bond acceptors (Lipinski definition) is 3. The fourth-order valence-electron chi connectivity index (χ4n) is 2.28. The summed E-state index contributed by atoms with van der Waals surface area (Å²) in [5.74, 6) is 0. The van der Waals surface area contributed by atoms with Gasteiger partial charge in [-0.15, -0.1) is 0 Å². The Balaban J connectivity index is 2.07. The predicted octanol–water partition coefficient (Wildman–Crippen LogP) is 1.57. The van der Waals surface area contributed by atoms with Gasteiger partial charge in [0, 0.05) is 50.0 Å². The van der Waals surface area contributed by atoms with Gasteiger partial charge in [-0.3, -0.25) is 9.58 Å².